The summed E-state index contributed by atoms with van der Waals surface area (Å²) in [5.74, 6) is 1.000. The van der Waals surface area contributed by atoms with Crippen LogP contribution < -0.4 is 5.32 Å². The Labute approximate surface area is 101 Å². The largest absolute Gasteiger partial charge is 0.481 e. The Balaban J connectivity index is 2.60. The van der Waals surface area contributed by atoms with Crippen LogP contribution in [0.5, 0.6) is 0 Å². The Hall–Kier alpha value is -1.54. The molecule has 0 spiro atoms. The molecule has 3 unspecified atom stereocenters. The zero-order chi connectivity index (χ0) is 13.0. The maximum atomic E-state index is 11.7. The predicted molar refractivity (Wildman–Crippen MR) is 63.2 cm³/mol. The first-order chi connectivity index (χ1) is 7.99. The van der Waals surface area contributed by atoms with E-state index in [1.165, 1.54) is 0 Å². The predicted octanol–water partition coefficient (Wildman–Crippen LogP) is -0.0807. The summed E-state index contributed by atoms with van der Waals surface area (Å²) in [4.78, 5) is 24.6. The highest BCUT2D eigenvalue weighted by atomic mass is 16.4. The van der Waals surface area contributed by atoms with Gasteiger partial charge in [0.2, 0.25) is 5.91 Å². The van der Waals surface area contributed by atoms with E-state index in [4.69, 9.17) is 11.5 Å². The molecule has 1 rings (SSSR count). The molecule has 3 atom stereocenters. The first-order valence-electron chi connectivity index (χ1n) is 5.68. The first kappa shape index (κ1) is 13.5. The number of rotatable bonds is 4. The zero-order valence-corrected chi connectivity index (χ0v) is 10.1. The summed E-state index contributed by atoms with van der Waals surface area (Å²) < 4.78 is 0. The van der Waals surface area contributed by atoms with Gasteiger partial charge in [-0.05, 0) is 20.3 Å². The second-order valence-corrected chi connectivity index (χ2v) is 4.31. The van der Waals surface area contributed by atoms with Gasteiger partial charge in [0.15, 0.2) is 0 Å². The van der Waals surface area contributed by atoms with Crippen LogP contribution in [0.1, 0.15) is 20.3 Å². The van der Waals surface area contributed by atoms with E-state index in [-0.39, 0.29) is 24.5 Å². The van der Waals surface area contributed by atoms with Crippen LogP contribution in [-0.2, 0) is 9.59 Å². The first-order valence-corrected chi connectivity index (χ1v) is 5.68. The quantitative estimate of drug-likeness (QED) is 0.672. The lowest BCUT2D eigenvalue weighted by Gasteiger charge is -2.28. The van der Waals surface area contributed by atoms with E-state index in [1.54, 1.807) is 6.92 Å². The minimum atomic E-state index is -0.795. The van der Waals surface area contributed by atoms with Crippen LogP contribution in [0, 0.1) is 18.3 Å². The molecule has 5 heteroatoms. The van der Waals surface area contributed by atoms with E-state index < -0.39 is 11.9 Å². The van der Waals surface area contributed by atoms with Crippen LogP contribution >= 0.6 is 0 Å². The molecule has 17 heavy (non-hydrogen) atoms. The van der Waals surface area contributed by atoms with E-state index in [1.807, 2.05) is 11.8 Å². The highest BCUT2D eigenvalue weighted by Gasteiger charge is 2.39. The molecule has 1 amide bonds. The number of carboxylic acids is 1. The molecule has 0 aromatic heterocycles. The van der Waals surface area contributed by atoms with Crippen LogP contribution in [0.15, 0.2) is 0 Å². The van der Waals surface area contributed by atoms with Crippen molar-refractivity contribution in [2.45, 2.75) is 32.4 Å². The summed E-state index contributed by atoms with van der Waals surface area (Å²) in [5, 5.41) is 11.6. The fourth-order valence-electron chi connectivity index (χ4n) is 2.28. The molecular weight excluding hydrogens is 220 g/mol. The van der Waals surface area contributed by atoms with Gasteiger partial charge in [-0.25, -0.2) is 0 Å². The number of carbonyl (C=O) groups excluding carboxylic acids is 1. The number of nitrogens with one attached hydrogen (secondary N) is 1. The molecule has 5 nitrogen and oxygen atoms in total. The average Bonchev–Trinajstić information content (AvgIpc) is 2.67. The van der Waals surface area contributed by atoms with E-state index in [9.17, 15) is 9.59 Å². The fourth-order valence-corrected chi connectivity index (χ4v) is 2.28. The van der Waals surface area contributed by atoms with Crippen LogP contribution in [0.4, 0.5) is 0 Å². The highest BCUT2D eigenvalue weighted by Crippen LogP contribution is 2.26. The summed E-state index contributed by atoms with van der Waals surface area (Å²) in [7, 11) is 0. The van der Waals surface area contributed by atoms with Crippen molar-refractivity contribution in [1.29, 1.82) is 0 Å². The maximum Gasteiger partial charge on any atom is 0.308 e. The molecule has 0 radical (unpaired) electrons. The third-order valence-corrected chi connectivity index (χ3v) is 3.36. The van der Waals surface area contributed by atoms with Gasteiger partial charge in [-0.2, -0.15) is 0 Å². The van der Waals surface area contributed by atoms with E-state index >= 15 is 0 Å². The number of aliphatic carboxylic acids is 1. The number of nitrogens with zero attached hydrogens (tertiary/aromatic N) is 1. The Kier molecular flexibility index (Phi) is 4.53. The van der Waals surface area contributed by atoms with Crippen molar-refractivity contribution in [2.75, 3.05) is 13.1 Å². The second kappa shape index (κ2) is 5.69. The number of carbonyl (C=O) groups is 2. The van der Waals surface area contributed by atoms with Gasteiger partial charge in [0, 0.05) is 12.6 Å². The van der Waals surface area contributed by atoms with E-state index in [2.05, 4.69) is 11.2 Å². The molecular formula is C12H18N2O3. The Morgan fingerprint density at radius 1 is 1.65 bits per heavy atom. The molecule has 1 aliphatic rings. The van der Waals surface area contributed by atoms with Crippen molar-refractivity contribution in [3.63, 3.8) is 0 Å². The summed E-state index contributed by atoms with van der Waals surface area (Å²) in [6.07, 6.45) is 5.65. The zero-order valence-electron chi connectivity index (χ0n) is 10.1. The van der Waals surface area contributed by atoms with Gasteiger partial charge >= 0.3 is 5.97 Å². The third-order valence-electron chi connectivity index (χ3n) is 3.36. The Bertz CT molecular complexity index is 348. The lowest BCUT2D eigenvalue weighted by Crippen LogP contribution is -2.47. The molecule has 94 valence electrons. The van der Waals surface area contributed by atoms with Gasteiger partial charge < -0.3 is 10.4 Å². The Morgan fingerprint density at radius 3 is 2.76 bits per heavy atom. The van der Waals surface area contributed by atoms with Gasteiger partial charge in [0.25, 0.3) is 0 Å². The molecule has 0 bridgehead atoms. The number of amides is 1. The van der Waals surface area contributed by atoms with Crippen molar-refractivity contribution in [3.05, 3.63) is 0 Å². The number of likely N-dealkylation sites (tertiary alicyclic amines) is 1. The number of carboxylic acid groups (broad SMARTS) is 1. The number of terminal acetylenes is 1. The maximum absolute atomic E-state index is 11.7. The van der Waals surface area contributed by atoms with Gasteiger partial charge in [-0.15, -0.1) is 6.42 Å². The molecule has 1 aliphatic heterocycles. The minimum Gasteiger partial charge on any atom is -0.481 e. The van der Waals surface area contributed by atoms with Gasteiger partial charge in [0.05, 0.1) is 18.5 Å². The number of hydrogen-bond donors (Lipinski definition) is 2. The van der Waals surface area contributed by atoms with Crippen LogP contribution in [-0.4, -0.2) is 47.1 Å². The summed E-state index contributed by atoms with van der Waals surface area (Å²) in [5.41, 5.74) is 0. The monoisotopic (exact) mass is 238 g/mol. The second-order valence-electron chi connectivity index (χ2n) is 4.31. The third kappa shape index (κ3) is 2.98. The molecule has 1 fully saturated rings. The van der Waals surface area contributed by atoms with Crippen molar-refractivity contribution < 1.29 is 14.7 Å². The number of hydrogen-bond acceptors (Lipinski definition) is 3. The normalized spacial score (nSPS) is 26.2. The van der Waals surface area contributed by atoms with Crippen molar-refractivity contribution in [2.24, 2.45) is 5.92 Å². The van der Waals surface area contributed by atoms with Gasteiger partial charge in [0.1, 0.15) is 0 Å². The smallest absolute Gasteiger partial charge is 0.308 e. The lowest BCUT2D eigenvalue weighted by molar-refractivity contribution is -0.143. The summed E-state index contributed by atoms with van der Waals surface area (Å²) in [6.45, 7) is 4.44. The molecule has 0 aromatic carbocycles. The standard InChI is InChI=1S/C12H18N2O3/c1-4-6-13-11(15)9(3)14-7-5-10(8(14)2)12(16)17/h1,8-10H,5-7H2,2-3H3,(H,13,15)(H,16,17). The molecule has 2 N–H and O–H groups in total. The molecule has 0 saturated carbocycles. The molecule has 0 aromatic rings. The fraction of sp³-hybridized carbons (Fsp3) is 0.667. The average molecular weight is 238 g/mol. The van der Waals surface area contributed by atoms with E-state index in [0.29, 0.717) is 13.0 Å². The van der Waals surface area contributed by atoms with Crippen molar-refractivity contribution in [1.82, 2.24) is 10.2 Å². The van der Waals surface area contributed by atoms with Crippen molar-refractivity contribution in [3.8, 4) is 12.3 Å². The summed E-state index contributed by atoms with van der Waals surface area (Å²) >= 11 is 0. The lowest BCUT2D eigenvalue weighted by atomic mass is 10.0. The molecule has 0 aliphatic carbocycles. The van der Waals surface area contributed by atoms with Crippen LogP contribution in [0.3, 0.4) is 0 Å². The molecule has 1 heterocycles. The van der Waals surface area contributed by atoms with E-state index in [0.717, 1.165) is 0 Å². The minimum absolute atomic E-state index is 0.126. The van der Waals surface area contributed by atoms with Crippen LogP contribution in [0.25, 0.3) is 0 Å². The summed E-state index contributed by atoms with van der Waals surface area (Å²) in [6, 6.07) is -0.471. The van der Waals surface area contributed by atoms with Gasteiger partial charge in [-0.1, -0.05) is 5.92 Å². The SMILES string of the molecule is C#CCNC(=O)C(C)N1CCC(C(=O)O)C1C. The van der Waals surface area contributed by atoms with Crippen molar-refractivity contribution >= 4 is 11.9 Å². The van der Waals surface area contributed by atoms with Crippen LogP contribution in [0.2, 0.25) is 0 Å². The topological polar surface area (TPSA) is 69.6 Å². The highest BCUT2D eigenvalue weighted by molar-refractivity contribution is 5.82. The molecule has 1 saturated heterocycles. The Morgan fingerprint density at radius 2 is 2.29 bits per heavy atom. The van der Waals surface area contributed by atoms with Gasteiger partial charge in [-0.3, -0.25) is 14.5 Å².